The molecule has 3 N–H and O–H groups in total. The van der Waals surface area contributed by atoms with Crippen molar-refractivity contribution in [3.05, 3.63) is 23.9 Å². The van der Waals surface area contributed by atoms with E-state index < -0.39 is 12.8 Å². The van der Waals surface area contributed by atoms with Gasteiger partial charge in [-0.1, -0.05) is 6.07 Å². The molecule has 0 saturated heterocycles. The Balaban J connectivity index is 0.00000400. The monoisotopic (exact) mass is 418 g/mol. The molecular weight excluding hydrogens is 400 g/mol. The summed E-state index contributed by atoms with van der Waals surface area (Å²) >= 11 is 0. The number of aliphatic imine (C=N–C) groups is 1. The lowest BCUT2D eigenvalue weighted by molar-refractivity contribution is -0.154. The highest BCUT2D eigenvalue weighted by Crippen LogP contribution is 2.20. The van der Waals surface area contributed by atoms with Gasteiger partial charge in [0.1, 0.15) is 0 Å². The number of alkyl halides is 3. The van der Waals surface area contributed by atoms with Crippen LogP contribution in [0.4, 0.5) is 13.2 Å². The van der Waals surface area contributed by atoms with Crippen LogP contribution in [-0.2, 0) is 6.54 Å². The van der Waals surface area contributed by atoms with Crippen molar-refractivity contribution in [2.24, 2.45) is 10.7 Å². The Bertz CT molecular complexity index is 466. The summed E-state index contributed by atoms with van der Waals surface area (Å²) in [6, 6.07) is 3.30. The summed E-state index contributed by atoms with van der Waals surface area (Å²) in [5.74, 6) is 0.122. The molecule has 0 unspecified atom stereocenters. The quantitative estimate of drug-likeness (QED) is 0.438. The van der Waals surface area contributed by atoms with Gasteiger partial charge in [-0.05, 0) is 19.9 Å². The third kappa shape index (κ3) is 8.58. The zero-order valence-electron chi connectivity index (χ0n) is 11.6. The number of halogens is 4. The van der Waals surface area contributed by atoms with Crippen molar-refractivity contribution in [3.63, 3.8) is 0 Å². The highest BCUT2D eigenvalue weighted by Gasteiger charge is 2.29. The number of hydrogen-bond donors (Lipinski definition) is 2. The largest absolute Gasteiger partial charge is 0.468 e. The fraction of sp³-hybridized carbons (Fsp3) is 0.500. The standard InChI is InChI=1S/C12H17F3N4O.HI/c1-8(2)19-11(16)18-6-9-4-3-5-17-10(9)20-7-12(13,14)15;/h3-5,8H,6-7H2,1-2H3,(H3,16,18,19);1H. The van der Waals surface area contributed by atoms with Crippen LogP contribution in [0.2, 0.25) is 0 Å². The van der Waals surface area contributed by atoms with Gasteiger partial charge in [0.15, 0.2) is 12.6 Å². The van der Waals surface area contributed by atoms with Crippen LogP contribution in [0.15, 0.2) is 23.3 Å². The van der Waals surface area contributed by atoms with Gasteiger partial charge in [0.05, 0.1) is 6.54 Å². The van der Waals surface area contributed by atoms with Gasteiger partial charge >= 0.3 is 6.18 Å². The Hall–Kier alpha value is -1.26. The number of guanidine groups is 1. The zero-order valence-corrected chi connectivity index (χ0v) is 14.0. The first-order valence-electron chi connectivity index (χ1n) is 5.98. The Morgan fingerprint density at radius 3 is 2.71 bits per heavy atom. The van der Waals surface area contributed by atoms with Crippen molar-refractivity contribution < 1.29 is 17.9 Å². The van der Waals surface area contributed by atoms with Crippen molar-refractivity contribution in [1.29, 1.82) is 0 Å². The lowest BCUT2D eigenvalue weighted by Crippen LogP contribution is -2.36. The molecule has 1 heterocycles. The maximum Gasteiger partial charge on any atom is 0.422 e. The fourth-order valence-electron chi connectivity index (χ4n) is 1.34. The molecule has 0 bridgehead atoms. The Labute approximate surface area is 138 Å². The second-order valence-corrected chi connectivity index (χ2v) is 4.37. The molecule has 9 heteroatoms. The minimum atomic E-state index is -4.41. The first-order chi connectivity index (χ1) is 9.28. The molecule has 0 spiro atoms. The summed E-state index contributed by atoms with van der Waals surface area (Å²) in [7, 11) is 0. The number of ether oxygens (including phenoxy) is 1. The topological polar surface area (TPSA) is 72.5 Å². The highest BCUT2D eigenvalue weighted by molar-refractivity contribution is 14.0. The maximum absolute atomic E-state index is 12.1. The lowest BCUT2D eigenvalue weighted by Gasteiger charge is -2.12. The third-order valence-corrected chi connectivity index (χ3v) is 2.08. The minimum absolute atomic E-state index is 0. The van der Waals surface area contributed by atoms with E-state index in [1.807, 2.05) is 13.8 Å². The van der Waals surface area contributed by atoms with E-state index >= 15 is 0 Å². The molecule has 0 radical (unpaired) electrons. The number of hydrogen-bond acceptors (Lipinski definition) is 3. The molecule has 0 amide bonds. The van der Waals surface area contributed by atoms with Gasteiger partial charge in [0.25, 0.3) is 0 Å². The third-order valence-electron chi connectivity index (χ3n) is 2.08. The van der Waals surface area contributed by atoms with E-state index in [0.29, 0.717) is 5.56 Å². The van der Waals surface area contributed by atoms with Crippen molar-refractivity contribution in [2.45, 2.75) is 32.6 Å². The molecule has 0 atom stereocenters. The van der Waals surface area contributed by atoms with E-state index in [4.69, 9.17) is 5.73 Å². The van der Waals surface area contributed by atoms with E-state index in [9.17, 15) is 13.2 Å². The zero-order chi connectivity index (χ0) is 15.2. The summed E-state index contributed by atoms with van der Waals surface area (Å²) in [5.41, 5.74) is 6.05. The average Bonchev–Trinajstić information content (AvgIpc) is 2.33. The molecule has 0 aliphatic rings. The van der Waals surface area contributed by atoms with Crippen LogP contribution in [0.3, 0.4) is 0 Å². The van der Waals surface area contributed by atoms with Gasteiger partial charge in [-0.2, -0.15) is 13.2 Å². The normalized spacial score (nSPS) is 12.0. The smallest absolute Gasteiger partial charge is 0.422 e. The van der Waals surface area contributed by atoms with Gasteiger partial charge in [-0.15, -0.1) is 24.0 Å². The van der Waals surface area contributed by atoms with E-state index in [2.05, 4.69) is 20.0 Å². The number of rotatable bonds is 5. The SMILES string of the molecule is CC(C)NC(N)=NCc1cccnc1OCC(F)(F)F.I. The van der Waals surface area contributed by atoms with Crippen LogP contribution >= 0.6 is 24.0 Å². The van der Waals surface area contributed by atoms with E-state index in [-0.39, 0.29) is 48.4 Å². The molecule has 1 aromatic heterocycles. The summed E-state index contributed by atoms with van der Waals surface area (Å²) in [4.78, 5) is 7.79. The molecule has 1 aromatic rings. The van der Waals surface area contributed by atoms with Crippen LogP contribution in [0.1, 0.15) is 19.4 Å². The number of pyridine rings is 1. The number of nitrogens with two attached hydrogens (primary N) is 1. The second kappa shape index (κ2) is 8.90. The molecule has 0 aliphatic carbocycles. The summed E-state index contributed by atoms with van der Waals surface area (Å²) in [6.45, 7) is 2.49. The van der Waals surface area contributed by atoms with E-state index in [1.165, 1.54) is 6.20 Å². The van der Waals surface area contributed by atoms with Gasteiger partial charge in [-0.25, -0.2) is 9.98 Å². The predicted molar refractivity (Wildman–Crippen MR) is 84.8 cm³/mol. The Morgan fingerprint density at radius 2 is 2.14 bits per heavy atom. The van der Waals surface area contributed by atoms with Crippen molar-refractivity contribution in [2.75, 3.05) is 6.61 Å². The van der Waals surface area contributed by atoms with Gasteiger partial charge in [0.2, 0.25) is 5.88 Å². The molecular formula is C12H18F3IN4O. The number of nitrogens with zero attached hydrogens (tertiary/aromatic N) is 2. The first-order valence-corrected chi connectivity index (χ1v) is 5.98. The second-order valence-electron chi connectivity index (χ2n) is 4.37. The van der Waals surface area contributed by atoms with Gasteiger partial charge in [-0.3, -0.25) is 0 Å². The molecule has 21 heavy (non-hydrogen) atoms. The summed E-state index contributed by atoms with van der Waals surface area (Å²) < 4.78 is 41.0. The van der Waals surface area contributed by atoms with Crippen molar-refractivity contribution in [3.8, 4) is 5.88 Å². The number of nitrogens with one attached hydrogen (secondary N) is 1. The van der Waals surface area contributed by atoms with Crippen molar-refractivity contribution >= 4 is 29.9 Å². The molecule has 0 aromatic carbocycles. The van der Waals surface area contributed by atoms with Crippen LogP contribution < -0.4 is 15.8 Å². The fourth-order valence-corrected chi connectivity index (χ4v) is 1.34. The molecule has 1 rings (SSSR count). The minimum Gasteiger partial charge on any atom is -0.468 e. The van der Waals surface area contributed by atoms with Crippen LogP contribution in [0, 0.1) is 0 Å². The Morgan fingerprint density at radius 1 is 1.48 bits per heavy atom. The molecule has 5 nitrogen and oxygen atoms in total. The highest BCUT2D eigenvalue weighted by atomic mass is 127. The first kappa shape index (κ1) is 19.7. The average molecular weight is 418 g/mol. The maximum atomic E-state index is 12.1. The summed E-state index contributed by atoms with van der Waals surface area (Å²) in [6.07, 6.45) is -3.05. The van der Waals surface area contributed by atoms with Crippen molar-refractivity contribution in [1.82, 2.24) is 10.3 Å². The summed E-state index contributed by atoms with van der Waals surface area (Å²) in [5, 5.41) is 2.88. The molecule has 0 fully saturated rings. The van der Waals surface area contributed by atoms with Crippen LogP contribution in [0.5, 0.6) is 5.88 Å². The van der Waals surface area contributed by atoms with Gasteiger partial charge < -0.3 is 15.8 Å². The number of aromatic nitrogens is 1. The predicted octanol–water partition coefficient (Wildman–Crippen LogP) is 2.45. The molecule has 0 saturated carbocycles. The van der Waals surface area contributed by atoms with Crippen LogP contribution in [-0.4, -0.2) is 29.8 Å². The molecule has 120 valence electrons. The van der Waals surface area contributed by atoms with Gasteiger partial charge in [0, 0.05) is 17.8 Å². The Kier molecular flexibility index (Phi) is 8.37. The van der Waals surface area contributed by atoms with E-state index in [0.717, 1.165) is 0 Å². The lowest BCUT2D eigenvalue weighted by atomic mass is 10.3. The van der Waals surface area contributed by atoms with Crippen LogP contribution in [0.25, 0.3) is 0 Å². The molecule has 0 aliphatic heterocycles. The van der Waals surface area contributed by atoms with E-state index in [1.54, 1.807) is 12.1 Å².